The molecule has 3 aromatic rings. The molecule has 5 heteroatoms. The fraction of sp³-hybridized carbons (Fsp3) is 0.190. The normalized spacial score (nSPS) is 10.3. The first-order chi connectivity index (χ1) is 12.7. The largest absolute Gasteiger partial charge is 0.334 e. The Balaban J connectivity index is 1.68. The molecule has 2 aromatic heterocycles. The number of nitrogens with zero attached hydrogens (tertiary/aromatic N) is 3. The Hall–Kier alpha value is -3.21. The van der Waals surface area contributed by atoms with Gasteiger partial charge in [-0.1, -0.05) is 42.0 Å². The van der Waals surface area contributed by atoms with E-state index in [-0.39, 0.29) is 6.03 Å². The summed E-state index contributed by atoms with van der Waals surface area (Å²) in [6.07, 6.45) is 3.47. The van der Waals surface area contributed by atoms with Gasteiger partial charge in [0.1, 0.15) is 0 Å². The van der Waals surface area contributed by atoms with E-state index in [9.17, 15) is 4.79 Å². The zero-order chi connectivity index (χ0) is 18.2. The van der Waals surface area contributed by atoms with Crippen LogP contribution in [0.2, 0.25) is 0 Å². The Labute approximate surface area is 153 Å². The zero-order valence-corrected chi connectivity index (χ0v) is 14.8. The second-order valence-electron chi connectivity index (χ2n) is 6.14. The van der Waals surface area contributed by atoms with E-state index in [1.807, 2.05) is 67.6 Å². The molecule has 0 aliphatic heterocycles. The fourth-order valence-corrected chi connectivity index (χ4v) is 2.57. The van der Waals surface area contributed by atoms with Crippen molar-refractivity contribution in [3.63, 3.8) is 0 Å². The molecular formula is C21H22N4O. The number of carbonyl (C=O) groups excluding carboxylic acids is 1. The summed E-state index contributed by atoms with van der Waals surface area (Å²) >= 11 is 0. The van der Waals surface area contributed by atoms with Gasteiger partial charge in [-0.2, -0.15) is 0 Å². The Bertz CT molecular complexity index is 778. The van der Waals surface area contributed by atoms with Crippen molar-refractivity contribution in [1.29, 1.82) is 0 Å². The quantitative estimate of drug-likeness (QED) is 0.740. The molecule has 0 radical (unpaired) electrons. The van der Waals surface area contributed by atoms with Gasteiger partial charge in [0.25, 0.3) is 0 Å². The van der Waals surface area contributed by atoms with Gasteiger partial charge >= 0.3 is 6.03 Å². The number of benzene rings is 1. The molecule has 0 saturated heterocycles. The smallest absolute Gasteiger partial charge is 0.318 e. The SMILES string of the molecule is Cc1ccc(CNC(=O)N(Cc2ccccn2)Cc2ccccn2)cc1. The van der Waals surface area contributed by atoms with Gasteiger partial charge in [0.2, 0.25) is 0 Å². The van der Waals surface area contributed by atoms with E-state index in [4.69, 9.17) is 0 Å². The zero-order valence-electron chi connectivity index (χ0n) is 14.8. The summed E-state index contributed by atoms with van der Waals surface area (Å²) in [5, 5.41) is 2.99. The number of pyridine rings is 2. The summed E-state index contributed by atoms with van der Waals surface area (Å²) in [6, 6.07) is 19.4. The van der Waals surface area contributed by atoms with Crippen LogP contribution in [0, 0.1) is 6.92 Å². The van der Waals surface area contributed by atoms with Crippen molar-refractivity contribution in [2.45, 2.75) is 26.6 Å². The lowest BCUT2D eigenvalue weighted by Crippen LogP contribution is -2.39. The minimum Gasteiger partial charge on any atom is -0.334 e. The molecule has 132 valence electrons. The van der Waals surface area contributed by atoms with Crippen LogP contribution in [-0.4, -0.2) is 20.9 Å². The molecule has 0 bridgehead atoms. The summed E-state index contributed by atoms with van der Waals surface area (Å²) in [7, 11) is 0. The predicted octanol–water partition coefficient (Wildman–Crippen LogP) is 3.70. The third-order valence-electron chi connectivity index (χ3n) is 4.01. The molecule has 0 atom stereocenters. The van der Waals surface area contributed by atoms with Crippen LogP contribution in [0.5, 0.6) is 0 Å². The second kappa shape index (κ2) is 8.76. The van der Waals surface area contributed by atoms with E-state index in [0.717, 1.165) is 17.0 Å². The number of urea groups is 1. The van der Waals surface area contributed by atoms with Crippen molar-refractivity contribution in [3.05, 3.63) is 95.6 Å². The average molecular weight is 346 g/mol. The molecule has 2 amide bonds. The Morgan fingerprint density at radius 3 is 1.96 bits per heavy atom. The standard InChI is InChI=1S/C21H22N4O/c1-17-8-10-18(11-9-17)14-24-21(26)25(15-19-6-2-4-12-22-19)16-20-7-3-5-13-23-20/h2-13H,14-16H2,1H3,(H,24,26). The second-order valence-corrected chi connectivity index (χ2v) is 6.14. The highest BCUT2D eigenvalue weighted by Crippen LogP contribution is 2.08. The molecular weight excluding hydrogens is 324 g/mol. The van der Waals surface area contributed by atoms with Gasteiger partial charge in [-0.15, -0.1) is 0 Å². The molecule has 5 nitrogen and oxygen atoms in total. The van der Waals surface area contributed by atoms with E-state index in [1.54, 1.807) is 17.3 Å². The first kappa shape index (κ1) is 17.6. The van der Waals surface area contributed by atoms with Gasteiger partial charge < -0.3 is 10.2 Å². The van der Waals surface area contributed by atoms with E-state index >= 15 is 0 Å². The third-order valence-corrected chi connectivity index (χ3v) is 4.01. The van der Waals surface area contributed by atoms with Gasteiger partial charge in [-0.25, -0.2) is 4.79 Å². The molecule has 1 N–H and O–H groups in total. The van der Waals surface area contributed by atoms with Crippen molar-refractivity contribution < 1.29 is 4.79 Å². The van der Waals surface area contributed by atoms with E-state index in [2.05, 4.69) is 15.3 Å². The maximum absolute atomic E-state index is 12.8. The number of rotatable bonds is 6. The van der Waals surface area contributed by atoms with Gasteiger partial charge in [0, 0.05) is 18.9 Å². The topological polar surface area (TPSA) is 58.1 Å². The number of aryl methyl sites for hydroxylation is 1. The lowest BCUT2D eigenvalue weighted by atomic mass is 10.1. The molecule has 26 heavy (non-hydrogen) atoms. The highest BCUT2D eigenvalue weighted by atomic mass is 16.2. The van der Waals surface area contributed by atoms with Crippen LogP contribution >= 0.6 is 0 Å². The predicted molar refractivity (Wildman–Crippen MR) is 101 cm³/mol. The molecule has 0 aliphatic rings. The maximum Gasteiger partial charge on any atom is 0.318 e. The molecule has 0 unspecified atom stereocenters. The Kier molecular flexibility index (Phi) is 5.93. The Morgan fingerprint density at radius 2 is 1.46 bits per heavy atom. The van der Waals surface area contributed by atoms with Crippen LogP contribution in [0.4, 0.5) is 4.79 Å². The summed E-state index contributed by atoms with van der Waals surface area (Å²) < 4.78 is 0. The van der Waals surface area contributed by atoms with E-state index in [0.29, 0.717) is 19.6 Å². The number of hydrogen-bond donors (Lipinski definition) is 1. The van der Waals surface area contributed by atoms with Crippen molar-refractivity contribution in [3.8, 4) is 0 Å². The number of amides is 2. The summed E-state index contributed by atoms with van der Waals surface area (Å²) in [6.45, 7) is 3.39. The van der Waals surface area contributed by atoms with Crippen molar-refractivity contribution in [1.82, 2.24) is 20.2 Å². The molecule has 0 spiro atoms. The van der Waals surface area contributed by atoms with E-state index < -0.39 is 0 Å². The lowest BCUT2D eigenvalue weighted by Gasteiger charge is -2.22. The highest BCUT2D eigenvalue weighted by molar-refractivity contribution is 5.74. The molecule has 0 aliphatic carbocycles. The lowest BCUT2D eigenvalue weighted by molar-refractivity contribution is 0.190. The summed E-state index contributed by atoms with van der Waals surface area (Å²) in [4.78, 5) is 23.1. The van der Waals surface area contributed by atoms with Crippen LogP contribution in [0.15, 0.2) is 73.1 Å². The van der Waals surface area contributed by atoms with Crippen LogP contribution in [0.1, 0.15) is 22.5 Å². The molecule has 2 heterocycles. The molecule has 1 aromatic carbocycles. The number of hydrogen-bond acceptors (Lipinski definition) is 3. The van der Waals surface area contributed by atoms with Gasteiger partial charge in [0.05, 0.1) is 24.5 Å². The van der Waals surface area contributed by atoms with Gasteiger partial charge in [-0.3, -0.25) is 9.97 Å². The minimum absolute atomic E-state index is 0.137. The van der Waals surface area contributed by atoms with Crippen molar-refractivity contribution in [2.24, 2.45) is 0 Å². The fourth-order valence-electron chi connectivity index (χ4n) is 2.57. The van der Waals surface area contributed by atoms with Crippen LogP contribution < -0.4 is 5.32 Å². The number of carbonyl (C=O) groups is 1. The first-order valence-electron chi connectivity index (χ1n) is 8.59. The van der Waals surface area contributed by atoms with Gasteiger partial charge in [0.15, 0.2) is 0 Å². The monoisotopic (exact) mass is 346 g/mol. The molecule has 0 fully saturated rings. The Morgan fingerprint density at radius 1 is 0.885 bits per heavy atom. The van der Waals surface area contributed by atoms with Crippen LogP contribution in [-0.2, 0) is 19.6 Å². The minimum atomic E-state index is -0.137. The first-order valence-corrected chi connectivity index (χ1v) is 8.59. The summed E-state index contributed by atoms with van der Waals surface area (Å²) in [5.41, 5.74) is 3.95. The van der Waals surface area contributed by atoms with Crippen molar-refractivity contribution in [2.75, 3.05) is 0 Å². The number of nitrogens with one attached hydrogen (secondary N) is 1. The average Bonchev–Trinajstić information content (AvgIpc) is 2.68. The molecule has 3 rings (SSSR count). The number of aromatic nitrogens is 2. The van der Waals surface area contributed by atoms with Crippen LogP contribution in [0.25, 0.3) is 0 Å². The molecule has 0 saturated carbocycles. The third kappa shape index (κ3) is 5.14. The van der Waals surface area contributed by atoms with Crippen LogP contribution in [0.3, 0.4) is 0 Å². The maximum atomic E-state index is 12.8. The van der Waals surface area contributed by atoms with Crippen molar-refractivity contribution >= 4 is 6.03 Å². The highest BCUT2D eigenvalue weighted by Gasteiger charge is 2.15. The summed E-state index contributed by atoms with van der Waals surface area (Å²) in [5.74, 6) is 0. The van der Waals surface area contributed by atoms with Gasteiger partial charge in [-0.05, 0) is 36.8 Å². The van der Waals surface area contributed by atoms with E-state index in [1.165, 1.54) is 5.56 Å².